The Bertz CT molecular complexity index is 990. The monoisotopic (exact) mass is 366 g/mol. The third kappa shape index (κ3) is 2.39. The Morgan fingerprint density at radius 2 is 2.04 bits per heavy atom. The molecule has 0 spiro atoms. The molecule has 0 radical (unpaired) electrons. The fraction of sp³-hybridized carbons (Fsp3) is 0.316. The average Bonchev–Trinajstić information content (AvgIpc) is 3.08. The molecule has 1 saturated carbocycles. The van der Waals surface area contributed by atoms with E-state index in [-0.39, 0.29) is 0 Å². The lowest BCUT2D eigenvalue weighted by Gasteiger charge is -2.35. The van der Waals surface area contributed by atoms with Crippen LogP contribution >= 0.6 is 11.3 Å². The first kappa shape index (κ1) is 15.7. The summed E-state index contributed by atoms with van der Waals surface area (Å²) in [5, 5.41) is 17.4. The van der Waals surface area contributed by atoms with Gasteiger partial charge in [0.2, 0.25) is 0 Å². The minimum absolute atomic E-state index is 0.356. The van der Waals surface area contributed by atoms with Gasteiger partial charge in [0.1, 0.15) is 5.82 Å². The van der Waals surface area contributed by atoms with E-state index in [4.69, 9.17) is 0 Å². The Hall–Kier alpha value is -2.51. The molecule has 7 heteroatoms. The summed E-state index contributed by atoms with van der Waals surface area (Å²) in [5.74, 6) is 0.427. The van der Waals surface area contributed by atoms with Gasteiger partial charge in [-0.15, -0.1) is 0 Å². The number of rotatable bonds is 3. The van der Waals surface area contributed by atoms with Crippen LogP contribution in [0.2, 0.25) is 0 Å². The Kier molecular flexibility index (Phi) is 3.32. The van der Waals surface area contributed by atoms with E-state index in [0.717, 1.165) is 29.2 Å². The third-order valence-electron chi connectivity index (χ3n) is 5.29. The van der Waals surface area contributed by atoms with Gasteiger partial charge in [0.15, 0.2) is 10.7 Å². The molecule has 3 heterocycles. The van der Waals surface area contributed by atoms with E-state index in [1.165, 1.54) is 11.6 Å². The number of anilines is 2. The van der Waals surface area contributed by atoms with Crippen LogP contribution < -0.4 is 10.6 Å². The number of aromatic nitrogens is 2. The summed E-state index contributed by atoms with van der Waals surface area (Å²) in [5.41, 5.74) is 1.05. The lowest BCUT2D eigenvalue weighted by atomic mass is 9.78. The van der Waals surface area contributed by atoms with E-state index in [0.29, 0.717) is 23.3 Å². The molecule has 132 valence electrons. The summed E-state index contributed by atoms with van der Waals surface area (Å²) in [6, 6.07) is 12.3. The lowest BCUT2D eigenvalue weighted by molar-refractivity contribution is -0.131. The number of fused-ring (bicyclic) bond motifs is 2. The van der Waals surface area contributed by atoms with Crippen molar-refractivity contribution in [2.75, 3.05) is 10.6 Å². The molecule has 1 amide bonds. The van der Waals surface area contributed by atoms with Crippen LogP contribution in [0.1, 0.15) is 36.9 Å². The van der Waals surface area contributed by atoms with Gasteiger partial charge in [-0.05, 0) is 38.0 Å². The normalized spacial score (nSPS) is 27.1. The lowest BCUT2D eigenvalue weighted by Crippen LogP contribution is -2.34. The van der Waals surface area contributed by atoms with E-state index in [9.17, 15) is 9.90 Å². The predicted molar refractivity (Wildman–Crippen MR) is 101 cm³/mol. The van der Waals surface area contributed by atoms with Gasteiger partial charge in [-0.1, -0.05) is 29.5 Å². The van der Waals surface area contributed by atoms with Crippen LogP contribution in [-0.4, -0.2) is 27.0 Å². The molecule has 1 atom stereocenters. The highest BCUT2D eigenvalue weighted by molar-refractivity contribution is 7.22. The van der Waals surface area contributed by atoms with Crippen molar-refractivity contribution in [1.29, 1.82) is 0 Å². The van der Waals surface area contributed by atoms with E-state index in [1.54, 1.807) is 11.3 Å². The van der Waals surface area contributed by atoms with Gasteiger partial charge >= 0.3 is 0 Å². The first-order valence-electron chi connectivity index (χ1n) is 8.68. The van der Waals surface area contributed by atoms with Gasteiger partial charge in [-0.3, -0.25) is 4.79 Å². The molecule has 6 nitrogen and oxygen atoms in total. The van der Waals surface area contributed by atoms with Crippen molar-refractivity contribution in [2.24, 2.45) is 0 Å². The fourth-order valence-electron chi connectivity index (χ4n) is 3.63. The number of carbonyl (C=O) groups is 1. The molecule has 1 aliphatic heterocycles. The SMILES string of the molecule is C[C@@]1(O)C(=O)Nc2nc(C3CC(Nc4nc5ccccc5s4)C3)ccc21. The van der Waals surface area contributed by atoms with Gasteiger partial charge in [-0.2, -0.15) is 0 Å². The van der Waals surface area contributed by atoms with Crippen LogP contribution in [0.5, 0.6) is 0 Å². The largest absolute Gasteiger partial charge is 0.375 e. The quantitative estimate of drug-likeness (QED) is 0.663. The summed E-state index contributed by atoms with van der Waals surface area (Å²) in [4.78, 5) is 21.0. The fourth-order valence-corrected chi connectivity index (χ4v) is 4.57. The van der Waals surface area contributed by atoms with Crippen molar-refractivity contribution in [2.45, 2.75) is 37.3 Å². The van der Waals surface area contributed by atoms with Crippen molar-refractivity contribution in [3.05, 3.63) is 47.7 Å². The number of nitrogens with one attached hydrogen (secondary N) is 2. The number of pyridine rings is 1. The Morgan fingerprint density at radius 3 is 2.85 bits per heavy atom. The topological polar surface area (TPSA) is 87.1 Å². The third-order valence-corrected chi connectivity index (χ3v) is 6.26. The summed E-state index contributed by atoms with van der Waals surface area (Å²) >= 11 is 1.68. The number of carbonyl (C=O) groups excluding carboxylic acids is 1. The second kappa shape index (κ2) is 5.49. The number of para-hydroxylation sites is 1. The standard InChI is InChI=1S/C19H18N4O2S/c1-19(25)12-6-7-13(21-16(12)23-17(19)24)10-8-11(9-10)20-18-22-14-4-2-3-5-15(14)26-18/h2-7,10-11,25H,8-9H2,1H3,(H,20,22)(H,21,23,24)/t10?,11?,19-/m0/s1. The molecule has 3 aromatic rings. The molecule has 0 unspecified atom stereocenters. The zero-order valence-corrected chi connectivity index (χ0v) is 15.0. The second-order valence-corrected chi connectivity index (χ2v) is 8.19. The zero-order chi connectivity index (χ0) is 17.9. The van der Waals surface area contributed by atoms with Crippen molar-refractivity contribution in [3.8, 4) is 0 Å². The molecule has 3 N–H and O–H groups in total. The number of thiazole rings is 1. The molecule has 1 aliphatic carbocycles. The maximum Gasteiger partial charge on any atom is 0.261 e. The van der Waals surface area contributed by atoms with Gasteiger partial charge in [0, 0.05) is 23.2 Å². The van der Waals surface area contributed by atoms with Crippen LogP contribution in [0.4, 0.5) is 10.9 Å². The van der Waals surface area contributed by atoms with E-state index in [1.807, 2.05) is 30.3 Å². The van der Waals surface area contributed by atoms with Gasteiger partial charge < -0.3 is 15.7 Å². The summed E-state index contributed by atoms with van der Waals surface area (Å²) < 4.78 is 1.19. The van der Waals surface area contributed by atoms with Crippen molar-refractivity contribution in [1.82, 2.24) is 9.97 Å². The Labute approximate surface area is 154 Å². The van der Waals surface area contributed by atoms with Gasteiger partial charge in [0.05, 0.1) is 10.2 Å². The molecule has 0 saturated heterocycles. The number of benzene rings is 1. The van der Waals surface area contributed by atoms with Gasteiger partial charge in [-0.25, -0.2) is 9.97 Å². The second-order valence-electron chi connectivity index (χ2n) is 7.15. The predicted octanol–water partition coefficient (Wildman–Crippen LogP) is 3.21. The first-order chi connectivity index (χ1) is 12.5. The Morgan fingerprint density at radius 1 is 1.23 bits per heavy atom. The molecule has 26 heavy (non-hydrogen) atoms. The summed E-state index contributed by atoms with van der Waals surface area (Å²) in [7, 11) is 0. The minimum Gasteiger partial charge on any atom is -0.375 e. The van der Waals surface area contributed by atoms with E-state index in [2.05, 4.69) is 26.7 Å². The zero-order valence-electron chi connectivity index (χ0n) is 14.2. The highest BCUT2D eigenvalue weighted by Gasteiger charge is 2.42. The van der Waals surface area contributed by atoms with Crippen molar-refractivity contribution < 1.29 is 9.90 Å². The minimum atomic E-state index is -1.49. The molecule has 2 aliphatic rings. The van der Waals surface area contributed by atoms with Crippen molar-refractivity contribution in [3.63, 3.8) is 0 Å². The van der Waals surface area contributed by atoms with E-state index < -0.39 is 11.5 Å². The average molecular weight is 366 g/mol. The number of aliphatic hydroxyl groups is 1. The number of hydrogen-bond donors (Lipinski definition) is 3. The smallest absolute Gasteiger partial charge is 0.261 e. The van der Waals surface area contributed by atoms with Gasteiger partial charge in [0.25, 0.3) is 5.91 Å². The first-order valence-corrected chi connectivity index (χ1v) is 9.50. The molecular weight excluding hydrogens is 348 g/mol. The molecule has 1 aromatic carbocycles. The van der Waals surface area contributed by atoms with Crippen LogP contribution in [0.25, 0.3) is 10.2 Å². The molecule has 0 bridgehead atoms. The van der Waals surface area contributed by atoms with Crippen molar-refractivity contribution >= 4 is 38.4 Å². The Balaban J connectivity index is 1.27. The van der Waals surface area contributed by atoms with E-state index >= 15 is 0 Å². The van der Waals surface area contributed by atoms with Crippen LogP contribution in [0, 0.1) is 0 Å². The summed E-state index contributed by atoms with van der Waals surface area (Å²) in [6.07, 6.45) is 1.96. The summed E-state index contributed by atoms with van der Waals surface area (Å²) in [6.45, 7) is 1.50. The molecule has 1 fully saturated rings. The molecule has 5 rings (SSSR count). The number of hydrogen-bond acceptors (Lipinski definition) is 6. The van der Waals surface area contributed by atoms with Crippen LogP contribution in [-0.2, 0) is 10.4 Å². The maximum absolute atomic E-state index is 11.8. The van der Waals surface area contributed by atoms with Crippen LogP contribution in [0.3, 0.4) is 0 Å². The highest BCUT2D eigenvalue weighted by atomic mass is 32.1. The number of amides is 1. The molecular formula is C19H18N4O2S. The number of nitrogens with zero attached hydrogens (tertiary/aromatic N) is 2. The van der Waals surface area contributed by atoms with Crippen LogP contribution in [0.15, 0.2) is 36.4 Å². The highest BCUT2D eigenvalue weighted by Crippen LogP contribution is 2.41. The molecule has 2 aromatic heterocycles. The maximum atomic E-state index is 11.8.